The second-order valence-electron chi connectivity index (χ2n) is 13.4. The van der Waals surface area contributed by atoms with Crippen LogP contribution in [-0.2, 0) is 26.8 Å². The third kappa shape index (κ3) is 5.01. The molecule has 45 heavy (non-hydrogen) atoms. The maximum absolute atomic E-state index is 16.3. The van der Waals surface area contributed by atoms with Crippen molar-refractivity contribution in [2.45, 2.75) is 110 Å². The molecule has 2 aliphatic rings. The molecule has 236 valence electrons. The molecule has 1 fully saturated rings. The minimum Gasteiger partial charge on any atom is -0.502 e. The number of methoxy groups -OCH3 is 1. The molecule has 4 atom stereocenters. The van der Waals surface area contributed by atoms with Crippen molar-refractivity contribution in [1.82, 2.24) is 0 Å². The fourth-order valence-corrected chi connectivity index (χ4v) is 8.83. The van der Waals surface area contributed by atoms with Crippen LogP contribution in [0.4, 0.5) is 4.39 Å². The number of fused-ring (bicyclic) bond motifs is 8. The van der Waals surface area contributed by atoms with Crippen LogP contribution < -0.4 is 4.57 Å². The van der Waals surface area contributed by atoms with E-state index in [0.29, 0.717) is 5.39 Å². The largest absolute Gasteiger partial charge is 0.502 e. The lowest BCUT2D eigenvalue weighted by molar-refractivity contribution is -0.745. The number of unbranched alkanes of at least 4 members (excludes halogenated alkanes) is 1. The molecule has 4 aromatic rings. The Morgan fingerprint density at radius 2 is 1.73 bits per heavy atom. The van der Waals surface area contributed by atoms with Crippen LogP contribution in [0, 0.1) is 12.7 Å². The Morgan fingerprint density at radius 3 is 2.42 bits per heavy atom. The van der Waals surface area contributed by atoms with Gasteiger partial charge in [0.05, 0.1) is 47.0 Å². The molecule has 6 rings (SSSR count). The molecule has 1 aliphatic heterocycles. The molecule has 4 unspecified atom stereocenters. The van der Waals surface area contributed by atoms with Gasteiger partial charge in [-0.2, -0.15) is 4.57 Å². The van der Waals surface area contributed by atoms with Gasteiger partial charge in [-0.25, -0.2) is 4.39 Å². The predicted octanol–water partition coefficient (Wildman–Crippen LogP) is 10.1. The summed E-state index contributed by atoms with van der Waals surface area (Å²) in [6.07, 6.45) is 9.22. The molecule has 1 aliphatic carbocycles. The van der Waals surface area contributed by atoms with Gasteiger partial charge in [-0.1, -0.05) is 75.7 Å². The van der Waals surface area contributed by atoms with Crippen molar-refractivity contribution in [3.05, 3.63) is 101 Å². The van der Waals surface area contributed by atoms with Gasteiger partial charge in [0, 0.05) is 18.9 Å². The van der Waals surface area contributed by atoms with E-state index in [1.807, 2.05) is 26.0 Å². The summed E-state index contributed by atoms with van der Waals surface area (Å²) in [6.45, 7) is 12.9. The highest BCUT2D eigenvalue weighted by atomic mass is 19.1. The van der Waals surface area contributed by atoms with Crippen LogP contribution in [0.5, 0.6) is 0 Å². The lowest BCUT2D eigenvalue weighted by atomic mass is 9.60. The van der Waals surface area contributed by atoms with Crippen LogP contribution in [0.15, 0.2) is 78.6 Å². The zero-order valence-electron chi connectivity index (χ0n) is 28.2. The van der Waals surface area contributed by atoms with E-state index in [2.05, 4.69) is 92.9 Å². The van der Waals surface area contributed by atoms with Gasteiger partial charge in [0.2, 0.25) is 11.2 Å². The highest BCUT2D eigenvalue weighted by molar-refractivity contribution is 5.83. The van der Waals surface area contributed by atoms with Gasteiger partial charge in [-0.15, -0.1) is 0 Å². The van der Waals surface area contributed by atoms with E-state index >= 15 is 4.39 Å². The number of hydrogen-bond donors (Lipinski definition) is 0. The Kier molecular flexibility index (Phi) is 8.65. The van der Waals surface area contributed by atoms with Crippen molar-refractivity contribution in [2.75, 3.05) is 7.11 Å². The SMILES string of the molecule is CCCCc1ccc(-c2ccc3c(c2)-c2c(C)c(F)c4ccccc4[n+]2C2(CC)CC(OC(C)C=C(C)OC)CC32CC)cc1. The number of para-hydroxylation sites is 1. The lowest BCUT2D eigenvalue weighted by Gasteiger charge is -2.46. The van der Waals surface area contributed by atoms with Crippen molar-refractivity contribution in [3.63, 3.8) is 0 Å². The van der Waals surface area contributed by atoms with Gasteiger partial charge < -0.3 is 9.47 Å². The maximum atomic E-state index is 16.3. The number of rotatable bonds is 10. The van der Waals surface area contributed by atoms with Gasteiger partial charge in [0.1, 0.15) is 5.82 Å². The second-order valence-corrected chi connectivity index (χ2v) is 13.4. The van der Waals surface area contributed by atoms with E-state index in [0.717, 1.165) is 60.2 Å². The summed E-state index contributed by atoms with van der Waals surface area (Å²) in [6, 6.07) is 24.1. The average Bonchev–Trinajstić information content (AvgIpc) is 3.40. The molecule has 0 saturated heterocycles. The fourth-order valence-electron chi connectivity index (χ4n) is 8.83. The predicted molar refractivity (Wildman–Crippen MR) is 183 cm³/mol. The Labute approximate surface area is 269 Å². The minimum absolute atomic E-state index is 0.0477. The van der Waals surface area contributed by atoms with Gasteiger partial charge >= 0.3 is 0 Å². The molecule has 1 aromatic heterocycles. The van der Waals surface area contributed by atoms with Gasteiger partial charge in [-0.05, 0) is 86.9 Å². The van der Waals surface area contributed by atoms with Crippen molar-refractivity contribution in [1.29, 1.82) is 0 Å². The van der Waals surface area contributed by atoms with E-state index < -0.39 is 0 Å². The number of halogens is 1. The van der Waals surface area contributed by atoms with Crippen LogP contribution >= 0.6 is 0 Å². The summed E-state index contributed by atoms with van der Waals surface area (Å²) in [5.41, 5.74) is 8.49. The summed E-state index contributed by atoms with van der Waals surface area (Å²) in [7, 11) is 1.70. The average molecular weight is 607 g/mol. The first-order chi connectivity index (χ1) is 21.7. The monoisotopic (exact) mass is 606 g/mol. The number of nitrogens with zero attached hydrogens (tertiary/aromatic N) is 1. The number of benzene rings is 3. The topological polar surface area (TPSA) is 22.3 Å². The summed E-state index contributed by atoms with van der Waals surface area (Å²) in [5.74, 6) is 0.740. The smallest absolute Gasteiger partial charge is 0.219 e. The minimum atomic E-state index is -0.269. The van der Waals surface area contributed by atoms with E-state index in [-0.39, 0.29) is 29.0 Å². The molecule has 0 bridgehead atoms. The summed E-state index contributed by atoms with van der Waals surface area (Å²) in [4.78, 5) is 0. The Morgan fingerprint density at radius 1 is 1.00 bits per heavy atom. The molecule has 3 nitrogen and oxygen atoms in total. The van der Waals surface area contributed by atoms with Crippen LogP contribution in [0.1, 0.15) is 89.8 Å². The first-order valence-corrected chi connectivity index (χ1v) is 17.0. The number of allylic oxidation sites excluding steroid dienone is 1. The maximum Gasteiger partial charge on any atom is 0.219 e. The first-order valence-electron chi connectivity index (χ1n) is 17.0. The molecule has 0 radical (unpaired) electrons. The Balaban J connectivity index is 1.59. The molecule has 0 amide bonds. The van der Waals surface area contributed by atoms with E-state index in [1.165, 1.54) is 35.1 Å². The first kappa shape index (κ1) is 31.5. The van der Waals surface area contributed by atoms with Crippen molar-refractivity contribution in [3.8, 4) is 22.4 Å². The molecular weight excluding hydrogens is 557 g/mol. The van der Waals surface area contributed by atoms with Crippen molar-refractivity contribution in [2.24, 2.45) is 0 Å². The summed E-state index contributed by atoms with van der Waals surface area (Å²) < 4.78 is 31.2. The zero-order chi connectivity index (χ0) is 31.9. The third-order valence-corrected chi connectivity index (χ3v) is 11.0. The molecule has 0 N–H and O–H groups in total. The molecule has 4 heteroatoms. The van der Waals surface area contributed by atoms with Gasteiger partial charge in [0.15, 0.2) is 5.54 Å². The summed E-state index contributed by atoms with van der Waals surface area (Å²) >= 11 is 0. The standard InChI is InChI=1S/C41H49FNO2/c1-8-11-14-30-17-19-31(20-18-30)32-21-22-36-35(24-32)39-29(6)38(42)34-15-12-13-16-37(34)43(39)41(10-3)26-33(25-40(36,41)9-2)45-28(5)23-27(4)44-7/h12-13,15-24,28,33H,8-11,14,25-26H2,1-7H3/q+1. The van der Waals surface area contributed by atoms with E-state index in [9.17, 15) is 0 Å². The number of aryl methyl sites for hydroxylation is 1. The van der Waals surface area contributed by atoms with Gasteiger partial charge in [-0.3, -0.25) is 0 Å². The van der Waals surface area contributed by atoms with Crippen LogP contribution in [0.3, 0.4) is 0 Å². The Hall–Kier alpha value is -3.50. The number of pyridine rings is 1. The van der Waals surface area contributed by atoms with Crippen molar-refractivity contribution < 1.29 is 18.4 Å². The second kappa shape index (κ2) is 12.4. The molecule has 3 aromatic carbocycles. The number of hydrogen-bond acceptors (Lipinski definition) is 2. The molecule has 2 heterocycles. The van der Waals surface area contributed by atoms with Crippen LogP contribution in [0.25, 0.3) is 33.3 Å². The summed E-state index contributed by atoms with van der Waals surface area (Å²) in [5, 5.41) is 0.690. The third-order valence-electron chi connectivity index (χ3n) is 11.0. The zero-order valence-corrected chi connectivity index (χ0v) is 28.2. The Bertz CT molecular complexity index is 1740. The number of ether oxygens (including phenoxy) is 2. The van der Waals surface area contributed by atoms with Crippen molar-refractivity contribution >= 4 is 10.9 Å². The molecule has 0 spiro atoms. The van der Waals surface area contributed by atoms with E-state index in [1.54, 1.807) is 7.11 Å². The lowest BCUT2D eigenvalue weighted by Crippen LogP contribution is -2.68. The molecule has 1 saturated carbocycles. The highest BCUT2D eigenvalue weighted by Gasteiger charge is 2.68. The van der Waals surface area contributed by atoms with Crippen LogP contribution in [-0.4, -0.2) is 19.3 Å². The fraction of sp³-hybridized carbons (Fsp3) is 0.439. The quantitative estimate of drug-likeness (QED) is 0.132. The highest BCUT2D eigenvalue weighted by Crippen LogP contribution is 2.60. The van der Waals surface area contributed by atoms with Crippen LogP contribution in [0.2, 0.25) is 0 Å². The normalized spacial score (nSPS) is 23.0. The number of aromatic nitrogens is 1. The van der Waals surface area contributed by atoms with Gasteiger partial charge in [0.25, 0.3) is 0 Å². The molecular formula is C41H49FNO2+. The van der Waals surface area contributed by atoms with E-state index in [4.69, 9.17) is 9.47 Å².